The van der Waals surface area contributed by atoms with Crippen LogP contribution in [-0.4, -0.2) is 32.9 Å². The summed E-state index contributed by atoms with van der Waals surface area (Å²) < 4.78 is 2.44. The SMILES string of the molecule is C=CCN1C(=O)C(=Cc2cccn(Cc3ccccc3)c2=S)C(=O)NC1=S. The summed E-state index contributed by atoms with van der Waals surface area (Å²) in [5, 5.41) is 2.61. The molecule has 2 amide bonds. The molecule has 0 unspecified atom stereocenters. The minimum atomic E-state index is -0.529. The first-order valence-electron chi connectivity index (χ1n) is 8.24. The van der Waals surface area contributed by atoms with Crippen molar-refractivity contribution >= 4 is 47.4 Å². The Hall–Kier alpha value is -2.90. The van der Waals surface area contributed by atoms with E-state index < -0.39 is 11.8 Å². The van der Waals surface area contributed by atoms with Crippen molar-refractivity contribution in [1.29, 1.82) is 0 Å². The molecule has 136 valence electrons. The number of hydrogen-bond acceptors (Lipinski definition) is 4. The van der Waals surface area contributed by atoms with Crippen molar-refractivity contribution in [2.45, 2.75) is 6.54 Å². The molecular formula is C20H17N3O2S2. The summed E-state index contributed by atoms with van der Waals surface area (Å²) in [6.07, 6.45) is 4.94. The molecule has 1 saturated heterocycles. The minimum Gasteiger partial charge on any atom is -0.334 e. The van der Waals surface area contributed by atoms with Crippen LogP contribution in [0, 0.1) is 4.64 Å². The van der Waals surface area contributed by atoms with E-state index in [2.05, 4.69) is 11.9 Å². The van der Waals surface area contributed by atoms with Gasteiger partial charge in [0.1, 0.15) is 10.2 Å². The van der Waals surface area contributed by atoms with E-state index in [1.807, 2.05) is 47.2 Å². The number of pyridine rings is 1. The molecule has 1 aromatic heterocycles. The maximum Gasteiger partial charge on any atom is 0.265 e. The molecule has 1 aromatic carbocycles. The van der Waals surface area contributed by atoms with Gasteiger partial charge in [-0.2, -0.15) is 0 Å². The van der Waals surface area contributed by atoms with E-state index in [0.717, 1.165) is 5.56 Å². The summed E-state index contributed by atoms with van der Waals surface area (Å²) >= 11 is 10.6. The van der Waals surface area contributed by atoms with Gasteiger partial charge in [0.15, 0.2) is 5.11 Å². The molecule has 0 saturated carbocycles. The maximum absolute atomic E-state index is 12.6. The molecule has 1 aliphatic rings. The number of benzene rings is 1. The van der Waals surface area contributed by atoms with E-state index in [4.69, 9.17) is 24.4 Å². The molecule has 1 fully saturated rings. The first kappa shape index (κ1) is 18.9. The van der Waals surface area contributed by atoms with E-state index in [1.165, 1.54) is 11.0 Å². The highest BCUT2D eigenvalue weighted by molar-refractivity contribution is 7.80. The van der Waals surface area contributed by atoms with Crippen LogP contribution in [0.15, 0.2) is 66.9 Å². The maximum atomic E-state index is 12.6. The Morgan fingerprint density at radius 1 is 1.07 bits per heavy atom. The molecule has 5 nitrogen and oxygen atoms in total. The number of hydrogen-bond donors (Lipinski definition) is 1. The van der Waals surface area contributed by atoms with Crippen molar-refractivity contribution in [1.82, 2.24) is 14.8 Å². The van der Waals surface area contributed by atoms with Crippen LogP contribution in [0.4, 0.5) is 0 Å². The lowest BCUT2D eigenvalue weighted by molar-refractivity contribution is -0.128. The molecule has 7 heteroatoms. The van der Waals surface area contributed by atoms with Crippen LogP contribution in [-0.2, 0) is 16.1 Å². The van der Waals surface area contributed by atoms with Gasteiger partial charge in [0.25, 0.3) is 11.8 Å². The lowest BCUT2D eigenvalue weighted by Gasteiger charge is -2.27. The number of thiocarbonyl (C=S) groups is 1. The fourth-order valence-corrected chi connectivity index (χ4v) is 3.22. The van der Waals surface area contributed by atoms with Gasteiger partial charge in [-0.15, -0.1) is 6.58 Å². The highest BCUT2D eigenvalue weighted by Crippen LogP contribution is 2.16. The zero-order valence-electron chi connectivity index (χ0n) is 14.4. The predicted molar refractivity (Wildman–Crippen MR) is 111 cm³/mol. The molecule has 0 radical (unpaired) electrons. The van der Waals surface area contributed by atoms with Crippen LogP contribution in [0.25, 0.3) is 6.08 Å². The predicted octanol–water partition coefficient (Wildman–Crippen LogP) is 3.08. The number of carbonyl (C=O) groups excluding carboxylic acids is 2. The second-order valence-electron chi connectivity index (χ2n) is 5.90. The molecule has 0 aliphatic carbocycles. The standard InChI is InChI=1S/C20H17N3O2S2/c1-2-10-23-18(25)16(17(24)21-20(23)27)12-15-9-6-11-22(19(15)26)13-14-7-4-3-5-8-14/h2-9,11-12H,1,10,13H2,(H,21,24,27). The van der Waals surface area contributed by atoms with Crippen molar-refractivity contribution in [2.24, 2.45) is 0 Å². The molecule has 1 aliphatic heterocycles. The topological polar surface area (TPSA) is 54.3 Å². The normalized spacial score (nSPS) is 15.8. The van der Waals surface area contributed by atoms with Crippen LogP contribution < -0.4 is 5.32 Å². The van der Waals surface area contributed by atoms with Crippen LogP contribution in [0.5, 0.6) is 0 Å². The van der Waals surface area contributed by atoms with E-state index >= 15 is 0 Å². The molecule has 27 heavy (non-hydrogen) atoms. The summed E-state index contributed by atoms with van der Waals surface area (Å²) in [4.78, 5) is 26.2. The number of nitrogens with zero attached hydrogens (tertiary/aromatic N) is 2. The van der Waals surface area contributed by atoms with Crippen LogP contribution >= 0.6 is 24.4 Å². The Kier molecular flexibility index (Phi) is 5.73. The molecule has 1 N–H and O–H groups in total. The van der Waals surface area contributed by atoms with E-state index in [1.54, 1.807) is 12.1 Å². The zero-order chi connectivity index (χ0) is 19.4. The molecular weight excluding hydrogens is 378 g/mol. The fraction of sp³-hybridized carbons (Fsp3) is 0.100. The van der Waals surface area contributed by atoms with Gasteiger partial charge in [0.2, 0.25) is 0 Å². The number of rotatable bonds is 5. The summed E-state index contributed by atoms with van der Waals surface area (Å²) in [7, 11) is 0. The Balaban J connectivity index is 1.96. The average molecular weight is 396 g/mol. The van der Waals surface area contributed by atoms with E-state index in [-0.39, 0.29) is 17.2 Å². The smallest absolute Gasteiger partial charge is 0.265 e. The van der Waals surface area contributed by atoms with E-state index in [0.29, 0.717) is 16.7 Å². The third-order valence-corrected chi connectivity index (χ3v) is 4.84. The van der Waals surface area contributed by atoms with Crippen molar-refractivity contribution in [3.8, 4) is 0 Å². The third kappa shape index (κ3) is 4.10. The summed E-state index contributed by atoms with van der Waals surface area (Å²) in [6, 6.07) is 13.5. The van der Waals surface area contributed by atoms with Crippen molar-refractivity contribution in [3.63, 3.8) is 0 Å². The summed E-state index contributed by atoms with van der Waals surface area (Å²) in [6.45, 7) is 4.43. The number of amides is 2. The lowest BCUT2D eigenvalue weighted by Crippen LogP contribution is -2.53. The van der Waals surface area contributed by atoms with Gasteiger partial charge in [-0.3, -0.25) is 19.8 Å². The van der Waals surface area contributed by atoms with Crippen molar-refractivity contribution in [2.75, 3.05) is 6.54 Å². The first-order valence-corrected chi connectivity index (χ1v) is 9.06. The van der Waals surface area contributed by atoms with Gasteiger partial charge >= 0.3 is 0 Å². The summed E-state index contributed by atoms with van der Waals surface area (Å²) in [5.41, 5.74) is 1.72. The van der Waals surface area contributed by atoms with Crippen LogP contribution in [0.3, 0.4) is 0 Å². The van der Waals surface area contributed by atoms with E-state index in [9.17, 15) is 9.59 Å². The Morgan fingerprint density at radius 2 is 1.81 bits per heavy atom. The molecule has 0 spiro atoms. The van der Waals surface area contributed by atoms with Crippen molar-refractivity contribution < 1.29 is 9.59 Å². The largest absolute Gasteiger partial charge is 0.334 e. The minimum absolute atomic E-state index is 0.00555. The number of carbonyl (C=O) groups is 2. The summed E-state index contributed by atoms with van der Waals surface area (Å²) in [5.74, 6) is -0.991. The fourth-order valence-electron chi connectivity index (χ4n) is 2.71. The highest BCUT2D eigenvalue weighted by Gasteiger charge is 2.32. The highest BCUT2D eigenvalue weighted by atomic mass is 32.1. The Bertz CT molecular complexity index is 1010. The molecule has 0 bridgehead atoms. The second-order valence-corrected chi connectivity index (χ2v) is 6.68. The first-order chi connectivity index (χ1) is 13.0. The molecule has 3 rings (SSSR count). The van der Waals surface area contributed by atoms with Gasteiger partial charge < -0.3 is 4.57 Å². The lowest BCUT2D eigenvalue weighted by atomic mass is 10.1. The second kappa shape index (κ2) is 8.20. The monoisotopic (exact) mass is 395 g/mol. The van der Waals surface area contributed by atoms with Crippen LogP contribution in [0.2, 0.25) is 0 Å². The molecule has 2 heterocycles. The van der Waals surface area contributed by atoms with Crippen molar-refractivity contribution in [3.05, 3.63) is 82.7 Å². The quantitative estimate of drug-likeness (QED) is 0.366. The van der Waals surface area contributed by atoms with Gasteiger partial charge in [-0.1, -0.05) is 54.7 Å². The Labute approximate surface area is 167 Å². The number of aromatic nitrogens is 1. The molecule has 0 atom stereocenters. The van der Waals surface area contributed by atoms with Crippen LogP contribution in [0.1, 0.15) is 11.1 Å². The van der Waals surface area contributed by atoms with Gasteiger partial charge in [0.05, 0.1) is 0 Å². The third-order valence-electron chi connectivity index (χ3n) is 4.04. The van der Waals surface area contributed by atoms with Gasteiger partial charge in [-0.05, 0) is 29.9 Å². The zero-order valence-corrected chi connectivity index (χ0v) is 16.1. The average Bonchev–Trinajstić information content (AvgIpc) is 2.66. The molecule has 2 aromatic rings. The van der Waals surface area contributed by atoms with Gasteiger partial charge in [-0.25, -0.2) is 0 Å². The number of nitrogens with one attached hydrogen (secondary N) is 1. The van der Waals surface area contributed by atoms with Gasteiger partial charge in [0, 0.05) is 24.8 Å². The Morgan fingerprint density at radius 3 is 2.52 bits per heavy atom.